The van der Waals surface area contributed by atoms with Crippen molar-refractivity contribution in [3.05, 3.63) is 0 Å². The molecule has 0 radical (unpaired) electrons. The fourth-order valence-corrected chi connectivity index (χ4v) is 2.12. The molecule has 0 heterocycles. The molecule has 0 amide bonds. The van der Waals surface area contributed by atoms with E-state index in [0.717, 1.165) is 0 Å². The molecule has 0 spiro atoms. The topological polar surface area (TPSA) is 6.48 Å². The standard InChI is InChI=1S/2C4H10N.Al/c2*1-3-5-4-2;/h2*3-4H2,1-2H3;/q2*-1;+3. The zero-order chi connectivity index (χ0) is 8.69. The van der Waals surface area contributed by atoms with Crippen LogP contribution in [0.3, 0.4) is 0 Å². The fraction of sp³-hybridized carbons (Fsp3) is 1.00. The van der Waals surface area contributed by atoms with Gasteiger partial charge in [-0.05, 0) is 0 Å². The summed E-state index contributed by atoms with van der Waals surface area (Å²) in [4.78, 5) is 0. The van der Waals surface area contributed by atoms with E-state index in [2.05, 4.69) is 35.5 Å². The summed E-state index contributed by atoms with van der Waals surface area (Å²) in [7, 11) is 0. The SMILES string of the molecule is CC[N](CC)[Al+][N](CC)CC. The molecule has 0 bridgehead atoms. The molecular formula is C8H20AlN2+. The monoisotopic (exact) mass is 171 g/mol. The summed E-state index contributed by atoms with van der Waals surface area (Å²) in [5.41, 5.74) is 0. The zero-order valence-corrected chi connectivity index (χ0v) is 9.45. The van der Waals surface area contributed by atoms with Gasteiger partial charge in [-0.1, -0.05) is 0 Å². The van der Waals surface area contributed by atoms with Crippen LogP contribution in [0.2, 0.25) is 0 Å². The molecule has 0 atom stereocenters. The van der Waals surface area contributed by atoms with E-state index in [0.29, 0.717) is 15.7 Å². The van der Waals surface area contributed by atoms with Crippen LogP contribution in [0.25, 0.3) is 0 Å². The first kappa shape index (κ1) is 11.5. The van der Waals surface area contributed by atoms with Crippen molar-refractivity contribution >= 4 is 15.7 Å². The molecule has 3 heteroatoms. The summed E-state index contributed by atoms with van der Waals surface area (Å²) in [6.45, 7) is 13.7. The van der Waals surface area contributed by atoms with Gasteiger partial charge in [0.25, 0.3) is 0 Å². The second-order valence-electron chi connectivity index (χ2n) is 2.56. The predicted molar refractivity (Wildman–Crippen MR) is 51.6 cm³/mol. The summed E-state index contributed by atoms with van der Waals surface area (Å²) < 4.78 is 5.04. The average molecular weight is 171 g/mol. The Labute approximate surface area is 77.7 Å². The third-order valence-electron chi connectivity index (χ3n) is 1.95. The molecule has 0 aliphatic heterocycles. The Kier molecular flexibility index (Phi) is 7.41. The van der Waals surface area contributed by atoms with Crippen molar-refractivity contribution < 1.29 is 0 Å². The quantitative estimate of drug-likeness (QED) is 0.554. The van der Waals surface area contributed by atoms with Crippen LogP contribution in [-0.2, 0) is 0 Å². The molecule has 0 aromatic carbocycles. The van der Waals surface area contributed by atoms with Crippen LogP contribution in [0.15, 0.2) is 0 Å². The molecule has 11 heavy (non-hydrogen) atoms. The number of hydrogen-bond acceptors (Lipinski definition) is 2. The molecule has 0 aromatic heterocycles. The molecule has 2 nitrogen and oxygen atoms in total. The van der Waals surface area contributed by atoms with Crippen molar-refractivity contribution in [1.29, 1.82) is 0 Å². The molecule has 0 aliphatic rings. The minimum atomic E-state index is 0.394. The van der Waals surface area contributed by atoms with E-state index in [4.69, 9.17) is 0 Å². The van der Waals surface area contributed by atoms with Crippen LogP contribution in [0.4, 0.5) is 0 Å². The summed E-state index contributed by atoms with van der Waals surface area (Å²) in [5.74, 6) is 0. The van der Waals surface area contributed by atoms with E-state index in [1.165, 1.54) is 26.2 Å². The van der Waals surface area contributed by atoms with Crippen LogP contribution in [-0.4, -0.2) is 49.6 Å². The second-order valence-corrected chi connectivity index (χ2v) is 4.25. The van der Waals surface area contributed by atoms with Crippen molar-refractivity contribution in [2.45, 2.75) is 27.7 Å². The van der Waals surface area contributed by atoms with Gasteiger partial charge >= 0.3 is 77.3 Å². The van der Waals surface area contributed by atoms with Crippen LogP contribution in [0, 0.1) is 0 Å². The summed E-state index contributed by atoms with van der Waals surface area (Å²) in [5, 5.41) is 0. The first-order valence-corrected chi connectivity index (χ1v) is 5.64. The van der Waals surface area contributed by atoms with Gasteiger partial charge in [0.05, 0.1) is 0 Å². The number of rotatable bonds is 6. The van der Waals surface area contributed by atoms with Gasteiger partial charge < -0.3 is 0 Å². The van der Waals surface area contributed by atoms with Gasteiger partial charge in [-0.2, -0.15) is 0 Å². The Morgan fingerprint density at radius 3 is 1.18 bits per heavy atom. The molecule has 64 valence electrons. The normalized spacial score (nSPS) is 10.7. The summed E-state index contributed by atoms with van der Waals surface area (Å²) in [6, 6.07) is 0. The van der Waals surface area contributed by atoms with E-state index in [-0.39, 0.29) is 0 Å². The zero-order valence-electron chi connectivity index (χ0n) is 8.30. The third kappa shape index (κ3) is 4.82. The molecule has 0 saturated carbocycles. The Balaban J connectivity index is 3.58. The van der Waals surface area contributed by atoms with Crippen LogP contribution >= 0.6 is 0 Å². The van der Waals surface area contributed by atoms with E-state index in [1.54, 1.807) is 0 Å². The molecule has 0 aliphatic carbocycles. The first-order chi connectivity index (χ1) is 5.28. The van der Waals surface area contributed by atoms with Gasteiger partial charge in [-0.25, -0.2) is 0 Å². The van der Waals surface area contributed by atoms with Crippen molar-refractivity contribution in [1.82, 2.24) is 7.77 Å². The number of nitrogens with zero attached hydrogens (tertiary/aromatic N) is 2. The fourth-order valence-electron chi connectivity index (χ4n) is 1.00. The molecule has 0 rings (SSSR count). The molecule has 0 saturated heterocycles. The van der Waals surface area contributed by atoms with E-state index < -0.39 is 0 Å². The average Bonchev–Trinajstić information content (AvgIpc) is 2.07. The Hall–Kier alpha value is 0.452. The molecule has 0 aromatic rings. The van der Waals surface area contributed by atoms with Gasteiger partial charge in [0.1, 0.15) is 0 Å². The maximum absolute atomic E-state index is 2.52. The van der Waals surface area contributed by atoms with E-state index in [9.17, 15) is 0 Å². The van der Waals surface area contributed by atoms with Crippen molar-refractivity contribution in [2.24, 2.45) is 0 Å². The van der Waals surface area contributed by atoms with E-state index >= 15 is 0 Å². The third-order valence-corrected chi connectivity index (χ3v) is 4.07. The summed E-state index contributed by atoms with van der Waals surface area (Å²) >= 11 is 0.394. The first-order valence-electron chi connectivity index (χ1n) is 4.61. The molecule has 0 fully saturated rings. The van der Waals surface area contributed by atoms with Crippen LogP contribution in [0.5, 0.6) is 0 Å². The maximum atomic E-state index is 2.52. The van der Waals surface area contributed by atoms with Gasteiger partial charge in [0, 0.05) is 0 Å². The molecule has 0 unspecified atom stereocenters. The Morgan fingerprint density at radius 2 is 1.00 bits per heavy atom. The molecular weight excluding hydrogens is 151 g/mol. The second kappa shape index (κ2) is 7.12. The van der Waals surface area contributed by atoms with Gasteiger partial charge in [-0.3, -0.25) is 0 Å². The number of hydrogen-bond donors (Lipinski definition) is 0. The Bertz CT molecular complexity index is 70.2. The van der Waals surface area contributed by atoms with Crippen molar-refractivity contribution in [3.63, 3.8) is 0 Å². The van der Waals surface area contributed by atoms with Gasteiger partial charge in [0.2, 0.25) is 0 Å². The van der Waals surface area contributed by atoms with E-state index in [1.807, 2.05) is 0 Å². The predicted octanol–water partition coefficient (Wildman–Crippen LogP) is 1.20. The van der Waals surface area contributed by atoms with Gasteiger partial charge in [0.15, 0.2) is 0 Å². The van der Waals surface area contributed by atoms with Gasteiger partial charge in [-0.15, -0.1) is 0 Å². The Morgan fingerprint density at radius 1 is 0.727 bits per heavy atom. The summed E-state index contributed by atoms with van der Waals surface area (Å²) in [6.07, 6.45) is 0. The van der Waals surface area contributed by atoms with Crippen molar-refractivity contribution in [2.75, 3.05) is 26.2 Å². The minimum absolute atomic E-state index is 0.394. The van der Waals surface area contributed by atoms with Crippen molar-refractivity contribution in [3.8, 4) is 0 Å². The van der Waals surface area contributed by atoms with Crippen LogP contribution < -0.4 is 0 Å². The van der Waals surface area contributed by atoms with Crippen LogP contribution in [0.1, 0.15) is 27.7 Å². The molecule has 0 N–H and O–H groups in total.